The summed E-state index contributed by atoms with van der Waals surface area (Å²) in [5.74, 6) is -0.619. The molecule has 0 aliphatic rings. The van der Waals surface area contributed by atoms with Gasteiger partial charge < -0.3 is 9.74 Å². The van der Waals surface area contributed by atoms with Crippen LogP contribution in [0.3, 0.4) is 0 Å². The Bertz CT molecular complexity index is 466. The van der Waals surface area contributed by atoms with Crippen molar-refractivity contribution in [2.75, 3.05) is 0 Å². The maximum Gasteiger partial charge on any atom is 0.315 e. The summed E-state index contributed by atoms with van der Waals surface area (Å²) in [5, 5.41) is 2.76. The number of amides is 1. The highest BCUT2D eigenvalue weighted by molar-refractivity contribution is 6.71. The molecule has 0 heterocycles. The van der Waals surface area contributed by atoms with Crippen LogP contribution in [-0.2, 0) is 9.22 Å². The van der Waals surface area contributed by atoms with Gasteiger partial charge in [-0.15, -0.1) is 0 Å². The van der Waals surface area contributed by atoms with Crippen LogP contribution in [0.1, 0.15) is 24.2 Å². The molecular weight excluding hydrogens is 270 g/mol. The molecule has 0 spiro atoms. The average Bonchev–Trinajstić information content (AvgIpc) is 2.34. The Morgan fingerprint density at radius 1 is 1.10 bits per heavy atom. The number of rotatable bonds is 5. The van der Waals surface area contributed by atoms with E-state index in [1.807, 2.05) is 39.6 Å². The molecule has 1 aromatic carbocycles. The van der Waals surface area contributed by atoms with Crippen molar-refractivity contribution in [1.82, 2.24) is 5.32 Å². The number of carbonyl (C=O) groups excluding carboxylic acids is 2. The van der Waals surface area contributed by atoms with E-state index in [1.165, 1.54) is 0 Å². The Balaban J connectivity index is 2.78. The highest BCUT2D eigenvalue weighted by atomic mass is 28.4. The molecule has 0 aliphatic heterocycles. The summed E-state index contributed by atoms with van der Waals surface area (Å²) in [6.07, 6.45) is 0. The van der Waals surface area contributed by atoms with Crippen LogP contribution in [0.4, 0.5) is 0 Å². The summed E-state index contributed by atoms with van der Waals surface area (Å²) in [7, 11) is -1.96. The third-order valence-electron chi connectivity index (χ3n) is 2.65. The summed E-state index contributed by atoms with van der Waals surface area (Å²) in [6.45, 7) is 9.62. The van der Waals surface area contributed by atoms with Crippen molar-refractivity contribution in [1.29, 1.82) is 0 Å². The smallest absolute Gasteiger partial charge is 0.315 e. The lowest BCUT2D eigenvalue weighted by Gasteiger charge is -2.25. The van der Waals surface area contributed by atoms with E-state index >= 15 is 0 Å². The Morgan fingerprint density at radius 3 is 2.10 bits per heavy atom. The van der Waals surface area contributed by atoms with Gasteiger partial charge >= 0.3 is 5.97 Å². The fourth-order valence-corrected chi connectivity index (χ4v) is 2.41. The fraction of sp³-hybridized carbons (Fsp3) is 0.467. The van der Waals surface area contributed by atoms with E-state index in [4.69, 9.17) is 4.43 Å². The van der Waals surface area contributed by atoms with Crippen LogP contribution in [0.2, 0.25) is 19.6 Å². The Labute approximate surface area is 121 Å². The molecule has 0 bridgehead atoms. The van der Waals surface area contributed by atoms with E-state index in [-0.39, 0.29) is 17.8 Å². The topological polar surface area (TPSA) is 55.4 Å². The summed E-state index contributed by atoms with van der Waals surface area (Å²) in [6, 6.07) is 8.25. The van der Waals surface area contributed by atoms with Crippen molar-refractivity contribution in [3.8, 4) is 0 Å². The van der Waals surface area contributed by atoms with Gasteiger partial charge in [-0.3, -0.25) is 9.59 Å². The first-order chi connectivity index (χ1) is 9.20. The summed E-state index contributed by atoms with van der Waals surface area (Å²) in [4.78, 5) is 24.3. The van der Waals surface area contributed by atoms with Gasteiger partial charge in [-0.1, -0.05) is 32.0 Å². The van der Waals surface area contributed by atoms with Gasteiger partial charge in [-0.05, 0) is 37.7 Å². The van der Waals surface area contributed by atoms with Crippen LogP contribution < -0.4 is 5.32 Å². The van der Waals surface area contributed by atoms with Crippen molar-refractivity contribution in [2.45, 2.75) is 39.5 Å². The van der Waals surface area contributed by atoms with Crippen LogP contribution >= 0.6 is 0 Å². The molecule has 1 amide bonds. The van der Waals surface area contributed by atoms with Gasteiger partial charge in [0.1, 0.15) is 6.04 Å². The molecule has 5 heteroatoms. The summed E-state index contributed by atoms with van der Waals surface area (Å²) in [5.41, 5.74) is 0.541. The molecule has 1 aromatic rings. The lowest BCUT2D eigenvalue weighted by molar-refractivity contribution is -0.138. The molecule has 0 saturated carbocycles. The predicted octanol–water partition coefficient (Wildman–Crippen LogP) is 2.82. The first kappa shape index (κ1) is 16.4. The molecule has 0 fully saturated rings. The zero-order valence-electron chi connectivity index (χ0n) is 12.8. The maximum absolute atomic E-state index is 12.2. The number of nitrogens with one attached hydrogen (secondary N) is 1. The first-order valence-corrected chi connectivity index (χ1v) is 10.2. The van der Waals surface area contributed by atoms with Gasteiger partial charge in [0.25, 0.3) is 5.91 Å². The summed E-state index contributed by atoms with van der Waals surface area (Å²) < 4.78 is 5.48. The zero-order valence-corrected chi connectivity index (χ0v) is 13.8. The van der Waals surface area contributed by atoms with Crippen LogP contribution in [0.25, 0.3) is 0 Å². The zero-order chi connectivity index (χ0) is 15.3. The van der Waals surface area contributed by atoms with E-state index in [0.29, 0.717) is 5.56 Å². The van der Waals surface area contributed by atoms with Crippen molar-refractivity contribution >= 4 is 20.2 Å². The molecule has 0 saturated heterocycles. The lowest BCUT2D eigenvalue weighted by atomic mass is 10.0. The summed E-state index contributed by atoms with van der Waals surface area (Å²) >= 11 is 0. The van der Waals surface area contributed by atoms with Gasteiger partial charge in [0.05, 0.1) is 0 Å². The largest absolute Gasteiger partial charge is 0.518 e. The van der Waals surface area contributed by atoms with Gasteiger partial charge in [-0.2, -0.15) is 0 Å². The maximum atomic E-state index is 12.2. The Kier molecular flexibility index (Phi) is 5.50. The second-order valence-electron chi connectivity index (χ2n) is 6.09. The van der Waals surface area contributed by atoms with Crippen LogP contribution in [0.15, 0.2) is 30.3 Å². The number of hydrogen-bond donors (Lipinski definition) is 1. The molecule has 0 aromatic heterocycles. The lowest BCUT2D eigenvalue weighted by Crippen LogP contribution is -2.48. The molecule has 0 aliphatic carbocycles. The van der Waals surface area contributed by atoms with E-state index in [9.17, 15) is 9.59 Å². The molecule has 1 rings (SSSR count). The van der Waals surface area contributed by atoms with Gasteiger partial charge in [0.2, 0.25) is 8.32 Å². The normalized spacial score (nSPS) is 12.9. The van der Waals surface area contributed by atoms with E-state index in [1.54, 1.807) is 24.3 Å². The molecule has 0 radical (unpaired) electrons. The molecule has 4 nitrogen and oxygen atoms in total. The third-order valence-corrected chi connectivity index (χ3v) is 3.46. The van der Waals surface area contributed by atoms with E-state index in [2.05, 4.69) is 5.32 Å². The first-order valence-electron chi connectivity index (χ1n) is 6.79. The van der Waals surface area contributed by atoms with Crippen LogP contribution in [-0.4, -0.2) is 26.2 Å². The van der Waals surface area contributed by atoms with Crippen molar-refractivity contribution in [3.05, 3.63) is 35.9 Å². The van der Waals surface area contributed by atoms with Crippen molar-refractivity contribution in [3.63, 3.8) is 0 Å². The average molecular weight is 293 g/mol. The van der Waals surface area contributed by atoms with E-state index in [0.717, 1.165) is 0 Å². The quantitative estimate of drug-likeness (QED) is 0.849. The second-order valence-corrected chi connectivity index (χ2v) is 10.5. The van der Waals surface area contributed by atoms with E-state index < -0.39 is 14.4 Å². The minimum absolute atomic E-state index is 0.0217. The fourth-order valence-electron chi connectivity index (χ4n) is 1.68. The Hall–Kier alpha value is -1.62. The number of benzene rings is 1. The highest BCUT2D eigenvalue weighted by Crippen LogP contribution is 2.11. The van der Waals surface area contributed by atoms with Crippen LogP contribution in [0, 0.1) is 5.92 Å². The molecule has 20 heavy (non-hydrogen) atoms. The molecule has 1 unspecified atom stereocenters. The van der Waals surface area contributed by atoms with Gasteiger partial charge in [0.15, 0.2) is 0 Å². The predicted molar refractivity (Wildman–Crippen MR) is 82.0 cm³/mol. The number of carbonyl (C=O) groups is 2. The third kappa shape index (κ3) is 5.17. The standard InChI is InChI=1S/C15H23NO3Si/c1-11(2)13(15(18)19-20(3,4)5)16-14(17)12-9-7-6-8-10-12/h6-11,13H,1-5H3,(H,16,17). The molecule has 110 valence electrons. The minimum Gasteiger partial charge on any atom is -0.518 e. The minimum atomic E-state index is -1.96. The SMILES string of the molecule is CC(C)C(NC(=O)c1ccccc1)C(=O)O[Si](C)(C)C. The molecular formula is C15H23NO3Si. The second kappa shape index (κ2) is 6.70. The number of hydrogen-bond acceptors (Lipinski definition) is 3. The van der Waals surface area contributed by atoms with Crippen molar-refractivity contribution < 1.29 is 14.0 Å². The van der Waals surface area contributed by atoms with Gasteiger partial charge in [-0.25, -0.2) is 0 Å². The molecule has 1 atom stereocenters. The monoisotopic (exact) mass is 293 g/mol. The molecule has 1 N–H and O–H groups in total. The van der Waals surface area contributed by atoms with Gasteiger partial charge in [0, 0.05) is 5.56 Å². The van der Waals surface area contributed by atoms with Crippen molar-refractivity contribution in [2.24, 2.45) is 5.92 Å². The van der Waals surface area contributed by atoms with Crippen LogP contribution in [0.5, 0.6) is 0 Å². The highest BCUT2D eigenvalue weighted by Gasteiger charge is 2.30. The Morgan fingerprint density at radius 2 is 1.65 bits per heavy atom.